The maximum Gasteiger partial charge on any atom is 0.226 e. The van der Waals surface area contributed by atoms with E-state index < -0.39 is 0 Å². The van der Waals surface area contributed by atoms with Crippen LogP contribution >= 0.6 is 0 Å². The first-order valence-corrected chi connectivity index (χ1v) is 6.12. The van der Waals surface area contributed by atoms with E-state index in [1.54, 1.807) is 0 Å². The fourth-order valence-corrected chi connectivity index (χ4v) is 1.67. The van der Waals surface area contributed by atoms with E-state index in [9.17, 15) is 4.79 Å². The smallest absolute Gasteiger partial charge is 0.226 e. The Balaban J connectivity index is 2.25. The summed E-state index contributed by atoms with van der Waals surface area (Å²) in [6.07, 6.45) is 0.347. The lowest BCUT2D eigenvalue weighted by Gasteiger charge is -2.00. The fraction of sp³-hybridized carbons (Fsp3) is 0.333. The molecule has 0 radical (unpaired) electrons. The second-order valence-corrected chi connectivity index (χ2v) is 4.69. The summed E-state index contributed by atoms with van der Waals surface area (Å²) in [7, 11) is 0. The molecule has 0 aliphatic carbocycles. The van der Waals surface area contributed by atoms with Crippen molar-refractivity contribution in [1.29, 1.82) is 0 Å². The molecule has 1 heterocycles. The van der Waals surface area contributed by atoms with Crippen molar-refractivity contribution in [2.24, 2.45) is 5.92 Å². The van der Waals surface area contributed by atoms with Crippen molar-refractivity contribution in [1.82, 2.24) is 4.98 Å². The van der Waals surface area contributed by atoms with Gasteiger partial charge in [0.1, 0.15) is 11.5 Å². The van der Waals surface area contributed by atoms with E-state index >= 15 is 0 Å². The summed E-state index contributed by atoms with van der Waals surface area (Å²) in [5.41, 5.74) is 1.68. The van der Waals surface area contributed by atoms with Crippen molar-refractivity contribution < 1.29 is 9.21 Å². The summed E-state index contributed by atoms with van der Waals surface area (Å²) in [4.78, 5) is 16.1. The second-order valence-electron chi connectivity index (χ2n) is 4.69. The predicted octanol–water partition coefficient (Wildman–Crippen LogP) is 3.42. The Morgan fingerprint density at radius 2 is 1.94 bits per heavy atom. The molecule has 2 aromatic rings. The lowest BCUT2D eigenvalue weighted by atomic mass is 10.0. The summed E-state index contributed by atoms with van der Waals surface area (Å²) in [5, 5.41) is 0. The van der Waals surface area contributed by atoms with Crippen molar-refractivity contribution in [3.63, 3.8) is 0 Å². The van der Waals surface area contributed by atoms with Crippen LogP contribution in [0.4, 0.5) is 0 Å². The van der Waals surface area contributed by atoms with Crippen LogP contribution in [0.3, 0.4) is 0 Å². The number of hydrogen-bond acceptors (Lipinski definition) is 3. The highest BCUT2D eigenvalue weighted by atomic mass is 16.4. The molecule has 1 aromatic heterocycles. The van der Waals surface area contributed by atoms with Crippen molar-refractivity contribution in [2.45, 2.75) is 27.2 Å². The molecule has 0 saturated heterocycles. The van der Waals surface area contributed by atoms with Crippen LogP contribution < -0.4 is 0 Å². The minimum absolute atomic E-state index is 0.0290. The van der Waals surface area contributed by atoms with Gasteiger partial charge in [0.2, 0.25) is 5.89 Å². The molecule has 1 aromatic carbocycles. The molecule has 0 unspecified atom stereocenters. The van der Waals surface area contributed by atoms with Gasteiger partial charge in [0.15, 0.2) is 0 Å². The molecular formula is C15H17NO2. The van der Waals surface area contributed by atoms with Crippen molar-refractivity contribution in [2.75, 3.05) is 0 Å². The molecule has 0 saturated carbocycles. The first-order valence-electron chi connectivity index (χ1n) is 6.12. The zero-order chi connectivity index (χ0) is 13.1. The van der Waals surface area contributed by atoms with Crippen LogP contribution in [0.1, 0.15) is 25.3 Å². The van der Waals surface area contributed by atoms with Crippen LogP contribution in [0.2, 0.25) is 0 Å². The van der Waals surface area contributed by atoms with Gasteiger partial charge >= 0.3 is 0 Å². The van der Waals surface area contributed by atoms with E-state index in [2.05, 4.69) is 4.98 Å². The van der Waals surface area contributed by atoms with Crippen LogP contribution in [0.5, 0.6) is 0 Å². The molecule has 18 heavy (non-hydrogen) atoms. The zero-order valence-electron chi connectivity index (χ0n) is 10.9. The Hall–Kier alpha value is -1.90. The van der Waals surface area contributed by atoms with Gasteiger partial charge in [-0.25, -0.2) is 4.98 Å². The normalized spacial score (nSPS) is 10.9. The largest absolute Gasteiger partial charge is 0.441 e. The van der Waals surface area contributed by atoms with Gasteiger partial charge < -0.3 is 4.42 Å². The van der Waals surface area contributed by atoms with Gasteiger partial charge in [-0.05, 0) is 19.1 Å². The van der Waals surface area contributed by atoms with Gasteiger partial charge in [-0.1, -0.05) is 32.0 Å². The molecule has 0 atom stereocenters. The van der Waals surface area contributed by atoms with Gasteiger partial charge in [0.05, 0.1) is 12.1 Å². The number of nitrogens with zero attached hydrogens (tertiary/aromatic N) is 1. The van der Waals surface area contributed by atoms with Crippen LogP contribution in [0.15, 0.2) is 34.7 Å². The molecule has 3 nitrogen and oxygen atoms in total. The van der Waals surface area contributed by atoms with Crippen LogP contribution in [0.25, 0.3) is 11.5 Å². The molecule has 0 spiro atoms. The van der Waals surface area contributed by atoms with E-state index in [-0.39, 0.29) is 11.7 Å². The quantitative estimate of drug-likeness (QED) is 0.826. The Labute approximate surface area is 107 Å². The summed E-state index contributed by atoms with van der Waals surface area (Å²) in [5.74, 6) is 1.52. The van der Waals surface area contributed by atoms with Crippen molar-refractivity contribution >= 4 is 5.78 Å². The monoisotopic (exact) mass is 243 g/mol. The molecule has 3 heteroatoms. The van der Waals surface area contributed by atoms with E-state index in [4.69, 9.17) is 4.42 Å². The highest BCUT2D eigenvalue weighted by molar-refractivity contribution is 5.82. The van der Waals surface area contributed by atoms with Crippen molar-refractivity contribution in [3.05, 3.63) is 41.8 Å². The number of carbonyl (C=O) groups excluding carboxylic acids is 1. The summed E-state index contributed by atoms with van der Waals surface area (Å²) >= 11 is 0. The molecule has 94 valence electrons. The van der Waals surface area contributed by atoms with Crippen LogP contribution in [-0.2, 0) is 11.2 Å². The van der Waals surface area contributed by atoms with E-state index in [1.807, 2.05) is 51.1 Å². The minimum Gasteiger partial charge on any atom is -0.441 e. The third kappa shape index (κ3) is 2.67. The lowest BCUT2D eigenvalue weighted by molar-refractivity contribution is -0.121. The zero-order valence-corrected chi connectivity index (χ0v) is 10.9. The average molecular weight is 243 g/mol. The van der Waals surface area contributed by atoms with E-state index in [0.717, 1.165) is 17.0 Å². The number of ketones is 1. The maximum atomic E-state index is 11.7. The summed E-state index contributed by atoms with van der Waals surface area (Å²) in [6.45, 7) is 5.65. The molecule has 0 N–H and O–H groups in total. The van der Waals surface area contributed by atoms with Crippen LogP contribution in [0, 0.1) is 12.8 Å². The Bertz CT molecular complexity index is 541. The molecule has 0 bridgehead atoms. The topological polar surface area (TPSA) is 43.1 Å². The summed E-state index contributed by atoms with van der Waals surface area (Å²) < 4.78 is 5.62. The molecule has 0 aliphatic rings. The third-order valence-electron chi connectivity index (χ3n) is 2.90. The molecular weight excluding hydrogens is 226 g/mol. The number of aromatic nitrogens is 1. The van der Waals surface area contributed by atoms with Gasteiger partial charge in [0, 0.05) is 11.5 Å². The molecule has 0 fully saturated rings. The molecule has 0 aliphatic heterocycles. The molecule has 2 rings (SSSR count). The second kappa shape index (κ2) is 5.17. The average Bonchev–Trinajstić information content (AvgIpc) is 2.72. The van der Waals surface area contributed by atoms with Gasteiger partial charge in [0.25, 0.3) is 0 Å². The van der Waals surface area contributed by atoms with Crippen molar-refractivity contribution in [3.8, 4) is 11.5 Å². The third-order valence-corrected chi connectivity index (χ3v) is 2.90. The number of hydrogen-bond donors (Lipinski definition) is 0. The number of rotatable bonds is 4. The SMILES string of the molecule is Cc1oc(-c2ccccc2)nc1CC(=O)C(C)C. The van der Waals surface area contributed by atoms with Gasteiger partial charge in [-0.2, -0.15) is 0 Å². The lowest BCUT2D eigenvalue weighted by Crippen LogP contribution is -2.11. The Morgan fingerprint density at radius 1 is 1.28 bits per heavy atom. The van der Waals surface area contributed by atoms with Gasteiger partial charge in [-0.3, -0.25) is 4.79 Å². The molecule has 0 amide bonds. The standard InChI is InChI=1S/C15H17NO2/c1-10(2)14(17)9-13-11(3)18-15(16-13)12-7-5-4-6-8-12/h4-8,10H,9H2,1-3H3. The van der Waals surface area contributed by atoms with Gasteiger partial charge in [-0.15, -0.1) is 0 Å². The Kier molecular flexibility index (Phi) is 3.60. The van der Waals surface area contributed by atoms with E-state index in [1.165, 1.54) is 0 Å². The number of Topliss-reactive ketones (excluding diaryl/α,β-unsaturated/α-hetero) is 1. The number of aryl methyl sites for hydroxylation is 1. The highest BCUT2D eigenvalue weighted by Gasteiger charge is 2.16. The van der Waals surface area contributed by atoms with E-state index in [0.29, 0.717) is 12.3 Å². The Morgan fingerprint density at radius 3 is 2.56 bits per heavy atom. The summed E-state index contributed by atoms with van der Waals surface area (Å²) in [6, 6.07) is 9.71. The van der Waals surface area contributed by atoms with Crippen LogP contribution in [-0.4, -0.2) is 10.8 Å². The highest BCUT2D eigenvalue weighted by Crippen LogP contribution is 2.22. The maximum absolute atomic E-state index is 11.7. The number of benzene rings is 1. The predicted molar refractivity (Wildman–Crippen MR) is 70.2 cm³/mol. The fourth-order valence-electron chi connectivity index (χ4n) is 1.67. The number of carbonyl (C=O) groups is 1. The first-order chi connectivity index (χ1) is 8.58. The number of oxazole rings is 1. The first kappa shape index (κ1) is 12.6. The minimum atomic E-state index is 0.0290.